The van der Waals surface area contributed by atoms with E-state index in [1.807, 2.05) is 42.5 Å². The molecule has 4 nitrogen and oxygen atoms in total. The molecule has 0 aromatic heterocycles. The number of hydrogen-bond donors (Lipinski definition) is 3. The average molecular weight is 290 g/mol. The van der Waals surface area contributed by atoms with Crippen molar-refractivity contribution in [3.05, 3.63) is 70.2 Å². The first-order valence-corrected chi connectivity index (χ1v) is 6.59. The van der Waals surface area contributed by atoms with E-state index in [4.69, 9.17) is 22.5 Å². The van der Waals surface area contributed by atoms with Crippen molar-refractivity contribution in [3.63, 3.8) is 0 Å². The van der Waals surface area contributed by atoms with Crippen LogP contribution < -0.4 is 11.1 Å². The molecule has 0 unspecified atom stereocenters. The number of amidine groups is 1. The molecule has 0 bridgehead atoms. The third-order valence-corrected chi connectivity index (χ3v) is 3.15. The smallest absolute Gasteiger partial charge is 0.170 e. The fourth-order valence-corrected chi connectivity index (χ4v) is 1.98. The minimum absolute atomic E-state index is 0.115. The van der Waals surface area contributed by atoms with Gasteiger partial charge in [0.05, 0.1) is 0 Å². The maximum absolute atomic E-state index is 8.66. The molecule has 0 saturated carbocycles. The Morgan fingerprint density at radius 3 is 2.50 bits per heavy atom. The van der Waals surface area contributed by atoms with E-state index in [1.54, 1.807) is 6.07 Å². The van der Waals surface area contributed by atoms with Crippen LogP contribution in [-0.2, 0) is 13.1 Å². The van der Waals surface area contributed by atoms with Crippen molar-refractivity contribution in [3.8, 4) is 0 Å². The molecule has 104 valence electrons. The van der Waals surface area contributed by atoms with Gasteiger partial charge in [-0.05, 0) is 29.3 Å². The summed E-state index contributed by atoms with van der Waals surface area (Å²) in [4.78, 5) is 0. The summed E-state index contributed by atoms with van der Waals surface area (Å²) in [5, 5.41) is 15.7. The monoisotopic (exact) mass is 289 g/mol. The van der Waals surface area contributed by atoms with Gasteiger partial charge in [-0.15, -0.1) is 0 Å². The fraction of sp³-hybridized carbons (Fsp3) is 0.133. The standard InChI is InChI=1S/C15H16ClN3O/c16-14-6-4-11(5-7-14)9-18-10-12-2-1-3-13(8-12)15(17)19-20/h1-8,18,20H,9-10H2,(H2,17,19). The Hall–Kier alpha value is -2.04. The van der Waals surface area contributed by atoms with Gasteiger partial charge in [0.1, 0.15) is 0 Å². The number of nitrogens with zero attached hydrogens (tertiary/aromatic N) is 1. The zero-order valence-corrected chi connectivity index (χ0v) is 11.6. The summed E-state index contributed by atoms with van der Waals surface area (Å²) < 4.78 is 0. The van der Waals surface area contributed by atoms with Gasteiger partial charge in [-0.3, -0.25) is 0 Å². The zero-order valence-electron chi connectivity index (χ0n) is 10.9. The van der Waals surface area contributed by atoms with Gasteiger partial charge in [-0.2, -0.15) is 0 Å². The quantitative estimate of drug-likeness (QED) is 0.343. The highest BCUT2D eigenvalue weighted by atomic mass is 35.5. The van der Waals surface area contributed by atoms with Crippen LogP contribution in [0, 0.1) is 0 Å². The van der Waals surface area contributed by atoms with Crippen molar-refractivity contribution < 1.29 is 5.21 Å². The minimum atomic E-state index is 0.115. The fourth-order valence-electron chi connectivity index (χ4n) is 1.85. The van der Waals surface area contributed by atoms with Gasteiger partial charge in [0.15, 0.2) is 5.84 Å². The van der Waals surface area contributed by atoms with E-state index in [1.165, 1.54) is 5.56 Å². The molecule has 5 heteroatoms. The summed E-state index contributed by atoms with van der Waals surface area (Å²) in [7, 11) is 0. The summed E-state index contributed by atoms with van der Waals surface area (Å²) in [6.45, 7) is 1.46. The van der Waals surface area contributed by atoms with Gasteiger partial charge in [0.2, 0.25) is 0 Å². The van der Waals surface area contributed by atoms with Crippen LogP contribution in [0.1, 0.15) is 16.7 Å². The molecular weight excluding hydrogens is 274 g/mol. The molecule has 2 rings (SSSR count). The van der Waals surface area contributed by atoms with E-state index in [9.17, 15) is 0 Å². The predicted octanol–water partition coefficient (Wildman–Crippen LogP) is 2.72. The number of nitrogens with one attached hydrogen (secondary N) is 1. The van der Waals surface area contributed by atoms with Crippen LogP contribution in [-0.4, -0.2) is 11.0 Å². The zero-order chi connectivity index (χ0) is 14.4. The lowest BCUT2D eigenvalue weighted by atomic mass is 10.1. The van der Waals surface area contributed by atoms with Crippen molar-refractivity contribution in [1.29, 1.82) is 0 Å². The van der Waals surface area contributed by atoms with Crippen LogP contribution >= 0.6 is 11.6 Å². The molecule has 0 amide bonds. The molecule has 0 fully saturated rings. The van der Waals surface area contributed by atoms with Gasteiger partial charge in [-0.1, -0.05) is 47.1 Å². The number of nitrogens with two attached hydrogens (primary N) is 1. The van der Waals surface area contributed by atoms with Crippen LogP contribution in [0.25, 0.3) is 0 Å². The van der Waals surface area contributed by atoms with E-state index >= 15 is 0 Å². The normalized spacial score (nSPS) is 11.6. The predicted molar refractivity (Wildman–Crippen MR) is 80.9 cm³/mol. The second-order valence-electron chi connectivity index (χ2n) is 4.42. The third-order valence-electron chi connectivity index (χ3n) is 2.90. The molecule has 0 heterocycles. The Bertz CT molecular complexity index is 596. The number of rotatable bonds is 5. The molecule has 0 aliphatic heterocycles. The first-order chi connectivity index (χ1) is 9.69. The van der Waals surface area contributed by atoms with Crippen LogP contribution in [0.4, 0.5) is 0 Å². The molecule has 0 radical (unpaired) electrons. The summed E-state index contributed by atoms with van der Waals surface area (Å²) in [5.74, 6) is 0.115. The van der Waals surface area contributed by atoms with E-state index < -0.39 is 0 Å². The Balaban J connectivity index is 1.92. The highest BCUT2D eigenvalue weighted by molar-refractivity contribution is 6.30. The summed E-state index contributed by atoms with van der Waals surface area (Å²) in [5.41, 5.74) is 8.51. The summed E-state index contributed by atoms with van der Waals surface area (Å²) >= 11 is 5.84. The lowest BCUT2D eigenvalue weighted by Gasteiger charge is -2.07. The topological polar surface area (TPSA) is 70.6 Å². The van der Waals surface area contributed by atoms with Gasteiger partial charge >= 0.3 is 0 Å². The third kappa shape index (κ3) is 3.98. The number of oxime groups is 1. The molecule has 0 aliphatic carbocycles. The Morgan fingerprint density at radius 1 is 1.10 bits per heavy atom. The summed E-state index contributed by atoms with van der Waals surface area (Å²) in [6, 6.07) is 15.3. The van der Waals surface area contributed by atoms with Crippen LogP contribution in [0.3, 0.4) is 0 Å². The Kier molecular flexibility index (Phi) is 4.98. The second-order valence-corrected chi connectivity index (χ2v) is 4.85. The van der Waals surface area contributed by atoms with Gasteiger partial charge < -0.3 is 16.3 Å². The first-order valence-electron chi connectivity index (χ1n) is 6.21. The summed E-state index contributed by atoms with van der Waals surface area (Å²) in [6.07, 6.45) is 0. The van der Waals surface area contributed by atoms with Gasteiger partial charge in [0.25, 0.3) is 0 Å². The average Bonchev–Trinajstić information content (AvgIpc) is 2.49. The second kappa shape index (κ2) is 6.93. The van der Waals surface area contributed by atoms with Crippen molar-refractivity contribution in [1.82, 2.24) is 5.32 Å². The number of benzene rings is 2. The highest BCUT2D eigenvalue weighted by Crippen LogP contribution is 2.10. The van der Waals surface area contributed by atoms with Gasteiger partial charge in [0, 0.05) is 23.7 Å². The van der Waals surface area contributed by atoms with Crippen molar-refractivity contribution in [2.45, 2.75) is 13.1 Å². The highest BCUT2D eigenvalue weighted by Gasteiger charge is 2.00. The molecule has 4 N–H and O–H groups in total. The van der Waals surface area contributed by atoms with E-state index in [0.29, 0.717) is 12.1 Å². The van der Waals surface area contributed by atoms with Crippen molar-refractivity contribution >= 4 is 17.4 Å². The van der Waals surface area contributed by atoms with Gasteiger partial charge in [-0.25, -0.2) is 0 Å². The molecule has 2 aromatic rings. The van der Waals surface area contributed by atoms with Crippen LogP contribution in [0.5, 0.6) is 0 Å². The molecule has 20 heavy (non-hydrogen) atoms. The molecule has 0 saturated heterocycles. The maximum Gasteiger partial charge on any atom is 0.170 e. The largest absolute Gasteiger partial charge is 0.409 e. The lowest BCUT2D eigenvalue weighted by Crippen LogP contribution is -2.15. The molecule has 2 aromatic carbocycles. The van der Waals surface area contributed by atoms with Crippen molar-refractivity contribution in [2.24, 2.45) is 10.9 Å². The van der Waals surface area contributed by atoms with E-state index in [2.05, 4.69) is 10.5 Å². The first kappa shape index (κ1) is 14.4. The molecule has 0 atom stereocenters. The van der Waals surface area contributed by atoms with Crippen molar-refractivity contribution in [2.75, 3.05) is 0 Å². The minimum Gasteiger partial charge on any atom is -0.409 e. The number of halogens is 1. The SMILES string of the molecule is NC(=NO)c1cccc(CNCc2ccc(Cl)cc2)c1. The van der Waals surface area contributed by atoms with E-state index in [-0.39, 0.29) is 5.84 Å². The maximum atomic E-state index is 8.66. The Morgan fingerprint density at radius 2 is 1.80 bits per heavy atom. The Labute approximate surface area is 122 Å². The number of hydrogen-bond acceptors (Lipinski definition) is 3. The van der Waals surface area contributed by atoms with Crippen LogP contribution in [0.15, 0.2) is 53.7 Å². The van der Waals surface area contributed by atoms with Crippen LogP contribution in [0.2, 0.25) is 5.02 Å². The van der Waals surface area contributed by atoms with E-state index in [0.717, 1.165) is 17.1 Å². The molecule has 0 aliphatic rings. The molecular formula is C15H16ClN3O. The lowest BCUT2D eigenvalue weighted by molar-refractivity contribution is 0.318. The molecule has 0 spiro atoms.